The Morgan fingerprint density at radius 3 is 2.56 bits per heavy atom. The fraction of sp³-hybridized carbons (Fsp3) is 0.200. The van der Waals surface area contributed by atoms with Gasteiger partial charge in [-0.25, -0.2) is 0 Å². The predicted molar refractivity (Wildman–Crippen MR) is 50.7 cm³/mol. The Balaban J connectivity index is 2.91. The lowest BCUT2D eigenvalue weighted by Crippen LogP contribution is -2.17. The van der Waals surface area contributed by atoms with Gasteiger partial charge in [0, 0.05) is 6.07 Å². The maximum absolute atomic E-state index is 11.8. The minimum atomic E-state index is -4.78. The smallest absolute Gasteiger partial charge is 0.507 e. The highest BCUT2D eigenvalue weighted by Crippen LogP contribution is 2.27. The molecule has 3 N–H and O–H groups in total. The van der Waals surface area contributed by atoms with Crippen molar-refractivity contribution in [3.63, 3.8) is 0 Å². The van der Waals surface area contributed by atoms with Gasteiger partial charge in [0.15, 0.2) is 0 Å². The first kappa shape index (κ1) is 12.2. The molecule has 0 aromatic heterocycles. The summed E-state index contributed by atoms with van der Waals surface area (Å²) in [5.41, 5.74) is 5.31. The van der Waals surface area contributed by atoms with E-state index in [9.17, 15) is 18.3 Å². The number of aromatic hydroxyl groups is 1. The van der Waals surface area contributed by atoms with Crippen LogP contribution in [0.1, 0.15) is 5.56 Å². The van der Waals surface area contributed by atoms with Crippen LogP contribution < -0.4 is 10.5 Å². The van der Waals surface area contributed by atoms with E-state index in [2.05, 4.69) is 16.6 Å². The van der Waals surface area contributed by atoms with Crippen LogP contribution in [0.15, 0.2) is 18.2 Å². The van der Waals surface area contributed by atoms with E-state index in [1.807, 2.05) is 0 Å². The Morgan fingerprint density at radius 1 is 1.38 bits per heavy atom. The minimum absolute atomic E-state index is 0.0975. The van der Waals surface area contributed by atoms with Crippen LogP contribution in [0.3, 0.4) is 0 Å². The molecule has 0 heterocycles. The van der Waals surface area contributed by atoms with E-state index < -0.39 is 12.1 Å². The monoisotopic (exact) mass is 231 g/mol. The van der Waals surface area contributed by atoms with Gasteiger partial charge < -0.3 is 15.6 Å². The third kappa shape index (κ3) is 3.71. The largest absolute Gasteiger partial charge is 0.573 e. The van der Waals surface area contributed by atoms with Gasteiger partial charge in [-0.15, -0.1) is 13.2 Å². The molecule has 6 heteroatoms. The SMILES string of the molecule is NCC#Cc1ccc(OC(F)(F)F)cc1O. The van der Waals surface area contributed by atoms with Gasteiger partial charge in [0.25, 0.3) is 0 Å². The summed E-state index contributed by atoms with van der Waals surface area (Å²) in [6.45, 7) is 0.0975. The van der Waals surface area contributed by atoms with Crippen molar-refractivity contribution in [2.75, 3.05) is 6.54 Å². The molecule has 86 valence electrons. The van der Waals surface area contributed by atoms with E-state index in [1.165, 1.54) is 6.07 Å². The average Bonchev–Trinajstić information content (AvgIpc) is 2.14. The first-order chi connectivity index (χ1) is 7.42. The topological polar surface area (TPSA) is 55.5 Å². The normalized spacial score (nSPS) is 10.5. The predicted octanol–water partition coefficient (Wildman–Crippen LogP) is 1.60. The van der Waals surface area contributed by atoms with E-state index in [-0.39, 0.29) is 17.9 Å². The summed E-state index contributed by atoms with van der Waals surface area (Å²) in [6.07, 6.45) is -4.78. The fourth-order valence-corrected chi connectivity index (χ4v) is 0.961. The minimum Gasteiger partial charge on any atom is -0.507 e. The molecule has 0 radical (unpaired) electrons. The van der Waals surface area contributed by atoms with Crippen LogP contribution in [-0.2, 0) is 0 Å². The van der Waals surface area contributed by atoms with E-state index in [0.29, 0.717) is 0 Å². The van der Waals surface area contributed by atoms with Gasteiger partial charge in [-0.3, -0.25) is 0 Å². The van der Waals surface area contributed by atoms with Crippen molar-refractivity contribution in [2.24, 2.45) is 5.73 Å². The second-order valence-corrected chi connectivity index (χ2v) is 2.73. The molecular formula is C10H8F3NO2. The van der Waals surface area contributed by atoms with Crippen LogP contribution in [-0.4, -0.2) is 18.0 Å². The lowest BCUT2D eigenvalue weighted by molar-refractivity contribution is -0.274. The summed E-state index contributed by atoms with van der Waals surface area (Å²) < 4.78 is 39.1. The van der Waals surface area contributed by atoms with Crippen molar-refractivity contribution in [1.82, 2.24) is 0 Å². The summed E-state index contributed by atoms with van der Waals surface area (Å²) in [5.74, 6) is 4.09. The van der Waals surface area contributed by atoms with Crippen molar-refractivity contribution >= 4 is 0 Å². The quantitative estimate of drug-likeness (QED) is 0.722. The van der Waals surface area contributed by atoms with Crippen molar-refractivity contribution in [3.05, 3.63) is 23.8 Å². The van der Waals surface area contributed by atoms with Gasteiger partial charge in [0.05, 0.1) is 12.1 Å². The zero-order valence-electron chi connectivity index (χ0n) is 8.01. The number of benzene rings is 1. The van der Waals surface area contributed by atoms with Crippen LogP contribution in [0.4, 0.5) is 13.2 Å². The van der Waals surface area contributed by atoms with Crippen LogP contribution >= 0.6 is 0 Å². The molecule has 3 nitrogen and oxygen atoms in total. The third-order valence-electron chi connectivity index (χ3n) is 1.53. The molecule has 1 rings (SSSR count). The molecule has 1 aromatic carbocycles. The number of phenols is 1. The van der Waals surface area contributed by atoms with Crippen molar-refractivity contribution in [1.29, 1.82) is 0 Å². The lowest BCUT2D eigenvalue weighted by Gasteiger charge is -2.09. The summed E-state index contributed by atoms with van der Waals surface area (Å²) in [6, 6.07) is 3.13. The van der Waals surface area contributed by atoms with Crippen molar-refractivity contribution in [3.8, 4) is 23.3 Å². The second kappa shape index (κ2) is 4.77. The first-order valence-electron chi connectivity index (χ1n) is 4.20. The molecular weight excluding hydrogens is 223 g/mol. The fourth-order valence-electron chi connectivity index (χ4n) is 0.961. The molecule has 0 amide bonds. The average molecular weight is 231 g/mol. The van der Waals surface area contributed by atoms with Gasteiger partial charge in [-0.1, -0.05) is 11.8 Å². The highest BCUT2D eigenvalue weighted by Gasteiger charge is 2.31. The van der Waals surface area contributed by atoms with E-state index in [1.54, 1.807) is 0 Å². The number of halogens is 3. The van der Waals surface area contributed by atoms with Gasteiger partial charge in [-0.05, 0) is 12.1 Å². The molecule has 0 saturated heterocycles. The number of rotatable bonds is 1. The Kier molecular flexibility index (Phi) is 3.64. The standard InChI is InChI=1S/C10H8F3NO2/c11-10(12,13)16-8-4-3-7(2-1-5-14)9(15)6-8/h3-4,6,15H,5,14H2. The summed E-state index contributed by atoms with van der Waals surface area (Å²) >= 11 is 0. The molecule has 0 atom stereocenters. The number of phenolic OH excluding ortho intramolecular Hbond substituents is 1. The first-order valence-corrected chi connectivity index (χ1v) is 4.20. The maximum atomic E-state index is 11.8. The highest BCUT2D eigenvalue weighted by atomic mass is 19.4. The number of ether oxygens (including phenoxy) is 1. The van der Waals surface area contributed by atoms with Gasteiger partial charge >= 0.3 is 6.36 Å². The van der Waals surface area contributed by atoms with Gasteiger partial charge in [0.2, 0.25) is 0 Å². The Morgan fingerprint density at radius 2 is 2.06 bits per heavy atom. The summed E-state index contributed by atoms with van der Waals surface area (Å²) in [5, 5.41) is 9.32. The molecule has 0 unspecified atom stereocenters. The molecule has 0 aliphatic carbocycles. The Hall–Kier alpha value is -1.87. The molecule has 0 aliphatic heterocycles. The van der Waals surface area contributed by atoms with Crippen molar-refractivity contribution < 1.29 is 23.0 Å². The Labute approximate surface area is 89.6 Å². The number of hydrogen-bond donors (Lipinski definition) is 2. The summed E-state index contributed by atoms with van der Waals surface area (Å²) in [7, 11) is 0. The van der Waals surface area contributed by atoms with Crippen LogP contribution in [0.25, 0.3) is 0 Å². The van der Waals surface area contributed by atoms with Gasteiger partial charge in [-0.2, -0.15) is 0 Å². The highest BCUT2D eigenvalue weighted by molar-refractivity contribution is 5.49. The summed E-state index contributed by atoms with van der Waals surface area (Å²) in [4.78, 5) is 0. The second-order valence-electron chi connectivity index (χ2n) is 2.73. The lowest BCUT2D eigenvalue weighted by atomic mass is 10.2. The van der Waals surface area contributed by atoms with E-state index in [0.717, 1.165) is 12.1 Å². The number of alkyl halides is 3. The number of hydrogen-bond acceptors (Lipinski definition) is 3. The van der Waals surface area contributed by atoms with E-state index >= 15 is 0 Å². The van der Waals surface area contributed by atoms with Crippen molar-refractivity contribution in [2.45, 2.75) is 6.36 Å². The maximum Gasteiger partial charge on any atom is 0.573 e. The van der Waals surface area contributed by atoms with E-state index in [4.69, 9.17) is 5.73 Å². The molecule has 0 fully saturated rings. The molecule has 16 heavy (non-hydrogen) atoms. The molecule has 0 saturated carbocycles. The third-order valence-corrected chi connectivity index (χ3v) is 1.53. The molecule has 0 spiro atoms. The molecule has 1 aromatic rings. The van der Waals surface area contributed by atoms with Crippen LogP contribution in [0.5, 0.6) is 11.5 Å². The Bertz CT molecular complexity index is 432. The molecule has 0 bridgehead atoms. The molecule has 0 aliphatic rings. The van der Waals surface area contributed by atoms with Crippen LogP contribution in [0.2, 0.25) is 0 Å². The number of nitrogens with two attached hydrogens (primary N) is 1. The van der Waals surface area contributed by atoms with Gasteiger partial charge in [0.1, 0.15) is 11.5 Å². The van der Waals surface area contributed by atoms with Crippen LogP contribution in [0, 0.1) is 11.8 Å². The zero-order valence-corrected chi connectivity index (χ0v) is 8.01. The zero-order chi connectivity index (χ0) is 12.2.